The van der Waals surface area contributed by atoms with Crippen molar-refractivity contribution in [2.45, 2.75) is 180 Å². The largest absolute Gasteiger partial charge is 0.469 e. The molecule has 12 heteroatoms. The summed E-state index contributed by atoms with van der Waals surface area (Å²) in [4.78, 5) is 55.4. The normalized spacial score (nSPS) is 19.9. The second-order valence-corrected chi connectivity index (χ2v) is 15.5. The lowest BCUT2D eigenvalue weighted by atomic mass is 9.88. The topological polar surface area (TPSA) is 177 Å². The number of Topliss-reactive ketones (excluding diaryl/α,β-unsaturated/α-hetero) is 1. The van der Waals surface area contributed by atoms with Gasteiger partial charge in [0.15, 0.2) is 6.10 Å². The Morgan fingerprint density at radius 1 is 0.840 bits per heavy atom. The van der Waals surface area contributed by atoms with Gasteiger partial charge in [0.1, 0.15) is 12.4 Å². The van der Waals surface area contributed by atoms with E-state index in [1.165, 1.54) is 38.5 Å². The summed E-state index contributed by atoms with van der Waals surface area (Å²) in [5.74, 6) is -0.805. The van der Waals surface area contributed by atoms with E-state index >= 15 is 0 Å². The monoisotopic (exact) mass is 732 g/mol. The number of phosphoric ester groups is 1. The minimum Gasteiger partial charge on any atom is -0.462 e. The lowest BCUT2D eigenvalue weighted by molar-refractivity contribution is -0.161. The van der Waals surface area contributed by atoms with Gasteiger partial charge in [0.25, 0.3) is 0 Å². The van der Waals surface area contributed by atoms with Crippen molar-refractivity contribution in [3.8, 4) is 0 Å². The summed E-state index contributed by atoms with van der Waals surface area (Å²) in [7, 11) is -4.80. The van der Waals surface area contributed by atoms with E-state index in [0.29, 0.717) is 25.7 Å². The van der Waals surface area contributed by atoms with E-state index in [-0.39, 0.29) is 43.5 Å². The summed E-state index contributed by atoms with van der Waals surface area (Å²) in [6.07, 6.45) is 19.9. The lowest BCUT2D eigenvalue weighted by Gasteiger charge is -2.19. The van der Waals surface area contributed by atoms with Crippen molar-refractivity contribution in [1.29, 1.82) is 0 Å². The van der Waals surface area contributed by atoms with Crippen LogP contribution >= 0.6 is 7.82 Å². The number of hydrogen-bond acceptors (Lipinski definition) is 9. The van der Waals surface area contributed by atoms with Gasteiger partial charge >= 0.3 is 19.8 Å². The van der Waals surface area contributed by atoms with Crippen molar-refractivity contribution in [2.75, 3.05) is 13.2 Å². The maximum atomic E-state index is 12.5. The van der Waals surface area contributed by atoms with Crippen LogP contribution in [0, 0.1) is 17.8 Å². The molecular weight excluding hydrogens is 663 g/mol. The molecule has 1 rings (SSSR count). The van der Waals surface area contributed by atoms with Crippen molar-refractivity contribution in [1.82, 2.24) is 0 Å². The molecule has 4 N–H and O–H groups in total. The number of rotatable bonds is 31. The Balaban J connectivity index is 2.31. The van der Waals surface area contributed by atoms with Gasteiger partial charge in [-0.2, -0.15) is 0 Å². The Morgan fingerprint density at radius 2 is 1.42 bits per heavy atom. The second-order valence-electron chi connectivity index (χ2n) is 14.3. The molecule has 11 nitrogen and oxygen atoms in total. The molecule has 1 saturated carbocycles. The molecule has 0 heterocycles. The number of ketones is 1. The van der Waals surface area contributed by atoms with Crippen molar-refractivity contribution in [3.63, 3.8) is 0 Å². The fourth-order valence-corrected chi connectivity index (χ4v) is 6.73. The third-order valence-corrected chi connectivity index (χ3v) is 10.2. The van der Waals surface area contributed by atoms with Crippen LogP contribution in [0.25, 0.3) is 0 Å². The molecule has 0 radical (unpaired) electrons. The number of hydrogen-bond donors (Lipinski definition) is 4. The molecule has 0 saturated heterocycles. The first-order valence-corrected chi connectivity index (χ1v) is 21.0. The van der Waals surface area contributed by atoms with Gasteiger partial charge in [0.2, 0.25) is 0 Å². The number of unbranched alkanes of at least 4 members (excludes halogenated alkanes) is 12. The average molecular weight is 733 g/mol. The number of carbonyl (C=O) groups is 3. The average Bonchev–Trinajstić information content (AvgIpc) is 3.34. The highest BCUT2D eigenvalue weighted by molar-refractivity contribution is 7.46. The van der Waals surface area contributed by atoms with Gasteiger partial charge in [0.05, 0.1) is 18.8 Å². The van der Waals surface area contributed by atoms with E-state index in [0.717, 1.165) is 63.7 Å². The highest BCUT2D eigenvalue weighted by atomic mass is 31.2. The van der Waals surface area contributed by atoms with Crippen LogP contribution in [0.5, 0.6) is 0 Å². The number of ether oxygens (including phenoxy) is 2. The van der Waals surface area contributed by atoms with Gasteiger partial charge in [-0.3, -0.25) is 18.9 Å². The molecule has 1 fully saturated rings. The number of carbonyl (C=O) groups excluding carboxylic acids is 3. The van der Waals surface area contributed by atoms with Gasteiger partial charge in [-0.15, -0.1) is 0 Å². The Hall–Kier alpha value is -1.62. The Labute approximate surface area is 301 Å². The summed E-state index contributed by atoms with van der Waals surface area (Å²) in [6.45, 7) is 5.67. The van der Waals surface area contributed by atoms with E-state index in [1.807, 2.05) is 0 Å². The quantitative estimate of drug-likeness (QED) is 0.0236. The molecule has 50 heavy (non-hydrogen) atoms. The number of phosphoric acid groups is 1. The molecule has 0 amide bonds. The maximum absolute atomic E-state index is 12.5. The lowest BCUT2D eigenvalue weighted by Crippen LogP contribution is -2.29. The maximum Gasteiger partial charge on any atom is 0.469 e. The van der Waals surface area contributed by atoms with Crippen molar-refractivity contribution in [3.05, 3.63) is 12.2 Å². The fraction of sp³-hybridized carbons (Fsp3) is 0.868. The standard InChI is InChI=1S/C38H69O11P/c1-4-6-15-21-31(39)25-26-34-33(35(40)27-36(34)41)22-17-13-14-18-23-37(42)47-28-32(29-48-50(44,45)46)49-38(43)24-19-12-10-8-7-9-11-16-20-30(3)5-2/h25-26,30-35,39-40H,4-24,27-29H2,1-3H3,(H2,44,45,46)/b26-25+/t30?,31-,32+,33+,34+,35-/m0/s1. The number of aliphatic hydroxyl groups excluding tert-OH is 2. The van der Waals surface area contributed by atoms with Crippen molar-refractivity contribution >= 4 is 25.5 Å². The summed E-state index contributed by atoms with van der Waals surface area (Å²) in [5.41, 5.74) is 0. The predicted molar refractivity (Wildman–Crippen MR) is 194 cm³/mol. The molecule has 0 spiro atoms. The van der Waals surface area contributed by atoms with Crippen LogP contribution in [0.2, 0.25) is 0 Å². The summed E-state index contributed by atoms with van der Waals surface area (Å²) >= 11 is 0. The van der Waals surface area contributed by atoms with E-state index in [2.05, 4.69) is 25.3 Å². The minimum absolute atomic E-state index is 0.00119. The van der Waals surface area contributed by atoms with Gasteiger partial charge in [-0.25, -0.2) is 4.57 Å². The van der Waals surface area contributed by atoms with Gasteiger partial charge in [-0.1, -0.05) is 129 Å². The first-order chi connectivity index (χ1) is 23.9. The summed E-state index contributed by atoms with van der Waals surface area (Å²) in [5, 5.41) is 20.6. The first-order valence-electron chi connectivity index (χ1n) is 19.5. The first kappa shape index (κ1) is 46.4. The predicted octanol–water partition coefficient (Wildman–Crippen LogP) is 7.90. The molecule has 0 aromatic carbocycles. The third kappa shape index (κ3) is 23.8. The van der Waals surface area contributed by atoms with Gasteiger partial charge < -0.3 is 29.5 Å². The zero-order valence-electron chi connectivity index (χ0n) is 31.2. The molecule has 0 aliphatic heterocycles. The molecule has 6 atom stereocenters. The van der Waals surface area contributed by atoms with E-state index in [1.54, 1.807) is 12.2 Å². The summed E-state index contributed by atoms with van der Waals surface area (Å²) in [6, 6.07) is 0. The Morgan fingerprint density at radius 3 is 2.04 bits per heavy atom. The second kappa shape index (κ2) is 28.0. The van der Waals surface area contributed by atoms with Crippen LogP contribution in [0.4, 0.5) is 0 Å². The number of aliphatic hydroxyl groups is 2. The van der Waals surface area contributed by atoms with Gasteiger partial charge in [0, 0.05) is 25.2 Å². The molecule has 292 valence electrons. The van der Waals surface area contributed by atoms with Crippen molar-refractivity contribution < 1.29 is 52.9 Å². The molecule has 1 unspecified atom stereocenters. The third-order valence-electron chi connectivity index (χ3n) is 9.73. The Bertz CT molecular complexity index is 997. The molecule has 0 aromatic rings. The van der Waals surface area contributed by atoms with Crippen LogP contribution in [-0.2, 0) is 32.9 Å². The molecule has 0 bridgehead atoms. The van der Waals surface area contributed by atoms with Crippen LogP contribution in [0.1, 0.15) is 162 Å². The zero-order chi connectivity index (χ0) is 37.2. The smallest absolute Gasteiger partial charge is 0.462 e. The van der Waals surface area contributed by atoms with Crippen LogP contribution < -0.4 is 0 Å². The highest BCUT2D eigenvalue weighted by Crippen LogP contribution is 2.36. The van der Waals surface area contributed by atoms with Crippen LogP contribution in [0.15, 0.2) is 12.2 Å². The fourth-order valence-electron chi connectivity index (χ4n) is 6.37. The zero-order valence-corrected chi connectivity index (χ0v) is 32.1. The van der Waals surface area contributed by atoms with Crippen LogP contribution in [0.3, 0.4) is 0 Å². The molecule has 1 aliphatic rings. The van der Waals surface area contributed by atoms with Crippen molar-refractivity contribution in [2.24, 2.45) is 17.8 Å². The van der Waals surface area contributed by atoms with E-state index in [4.69, 9.17) is 19.3 Å². The van der Waals surface area contributed by atoms with Gasteiger partial charge in [-0.05, 0) is 37.5 Å². The molecule has 1 aliphatic carbocycles. The minimum atomic E-state index is -4.80. The molecule has 0 aromatic heterocycles. The SMILES string of the molecule is CCCCC[C@H](O)/C=C/[C@H]1C(=O)C[C@H](O)[C@@H]1CCCCCCC(=O)OC[C@H](COP(=O)(O)O)OC(=O)CCCCCCCCCCC(C)CC. The van der Waals surface area contributed by atoms with E-state index < -0.39 is 44.7 Å². The number of esters is 2. The number of allylic oxidation sites excluding steroid dienone is 1. The molecular formula is C38H69O11P. The highest BCUT2D eigenvalue weighted by Gasteiger charge is 2.39. The summed E-state index contributed by atoms with van der Waals surface area (Å²) < 4.78 is 26.3. The van der Waals surface area contributed by atoms with E-state index in [9.17, 15) is 29.2 Å². The van der Waals surface area contributed by atoms with Crippen LogP contribution in [-0.4, -0.2) is 69.2 Å². The Kier molecular flexibility index (Phi) is 25.9.